The Morgan fingerprint density at radius 3 is 2.83 bits per heavy atom. The molecule has 1 aromatic carbocycles. The van der Waals surface area contributed by atoms with Crippen molar-refractivity contribution in [1.29, 1.82) is 0 Å². The number of imidazole rings is 2. The van der Waals surface area contributed by atoms with Crippen LogP contribution in [0.5, 0.6) is 0 Å². The highest BCUT2D eigenvalue weighted by Crippen LogP contribution is 2.31. The van der Waals surface area contributed by atoms with Crippen LogP contribution in [0.4, 0.5) is 5.82 Å². The second-order valence-corrected chi connectivity index (χ2v) is 7.26. The Kier molecular flexibility index (Phi) is 4.79. The van der Waals surface area contributed by atoms with E-state index in [1.54, 1.807) is 4.57 Å². The summed E-state index contributed by atoms with van der Waals surface area (Å²) in [5, 5.41) is 24.2. The third kappa shape index (κ3) is 3.17. The molecule has 0 radical (unpaired) electrons. The first-order valence-electron chi connectivity index (χ1n) is 9.68. The van der Waals surface area contributed by atoms with Gasteiger partial charge in [0.2, 0.25) is 0 Å². The number of fused-ring (bicyclic) bond motifs is 2. The van der Waals surface area contributed by atoms with E-state index in [1.807, 2.05) is 30.6 Å². The van der Waals surface area contributed by atoms with Crippen molar-refractivity contribution < 1.29 is 14.9 Å². The number of ether oxygens (including phenoxy) is 1. The molecule has 0 aliphatic carbocycles. The Morgan fingerprint density at radius 2 is 1.93 bits per heavy atom. The topological polar surface area (TPSA) is 149 Å². The third-order valence-electron chi connectivity index (χ3n) is 5.40. The van der Waals surface area contributed by atoms with Gasteiger partial charge in [0, 0.05) is 19.6 Å². The number of nitrogen functional groups attached to an aromatic ring is 1. The van der Waals surface area contributed by atoms with Gasteiger partial charge in [-0.25, -0.2) is 19.9 Å². The Morgan fingerprint density at radius 1 is 1.07 bits per heavy atom. The molecule has 5 N–H and O–H groups in total. The Balaban J connectivity index is 1.22. The zero-order valence-corrected chi connectivity index (χ0v) is 16.0. The van der Waals surface area contributed by atoms with Crippen LogP contribution in [0.3, 0.4) is 0 Å². The van der Waals surface area contributed by atoms with Crippen molar-refractivity contribution in [3.63, 3.8) is 0 Å². The van der Waals surface area contributed by atoms with Gasteiger partial charge in [-0.15, -0.1) is 0 Å². The number of aliphatic hydroxyl groups is 2. The van der Waals surface area contributed by atoms with E-state index in [-0.39, 0.29) is 5.82 Å². The first kappa shape index (κ1) is 18.9. The standard InChI is InChI=1S/C19H22N8O3/c20-17-14-18(23-8-22-17)27(10-25-14)19-16(29)15(28)13(30-19)7-21-5-6-26-9-24-11-3-1-2-4-12(11)26/h1-4,8-10,13,15-16,19,21,28-29H,5-7H2,(H2,20,22,23). The van der Waals surface area contributed by atoms with Gasteiger partial charge in [-0.05, 0) is 12.1 Å². The van der Waals surface area contributed by atoms with Crippen molar-refractivity contribution in [2.75, 3.05) is 18.8 Å². The molecule has 30 heavy (non-hydrogen) atoms. The second kappa shape index (κ2) is 7.61. The number of nitrogens with two attached hydrogens (primary N) is 1. The summed E-state index contributed by atoms with van der Waals surface area (Å²) in [6.45, 7) is 1.76. The van der Waals surface area contributed by atoms with E-state index in [1.165, 1.54) is 12.7 Å². The van der Waals surface area contributed by atoms with E-state index >= 15 is 0 Å². The van der Waals surface area contributed by atoms with Crippen molar-refractivity contribution in [3.8, 4) is 0 Å². The molecule has 11 nitrogen and oxygen atoms in total. The van der Waals surface area contributed by atoms with Crippen LogP contribution >= 0.6 is 0 Å². The molecular formula is C19H22N8O3. The average Bonchev–Trinajstić information content (AvgIpc) is 3.44. The zero-order chi connectivity index (χ0) is 20.7. The zero-order valence-electron chi connectivity index (χ0n) is 16.0. The minimum atomic E-state index is -1.12. The molecule has 4 aromatic rings. The van der Waals surface area contributed by atoms with Gasteiger partial charge in [0.1, 0.15) is 30.2 Å². The maximum Gasteiger partial charge on any atom is 0.167 e. The van der Waals surface area contributed by atoms with Crippen LogP contribution in [0.1, 0.15) is 6.23 Å². The Hall–Kier alpha value is -3.12. The van der Waals surface area contributed by atoms with Crippen molar-refractivity contribution in [3.05, 3.63) is 43.2 Å². The van der Waals surface area contributed by atoms with Gasteiger partial charge in [-0.2, -0.15) is 0 Å². The van der Waals surface area contributed by atoms with Gasteiger partial charge in [-0.3, -0.25) is 4.57 Å². The predicted molar refractivity (Wildman–Crippen MR) is 108 cm³/mol. The number of nitrogens with one attached hydrogen (secondary N) is 1. The summed E-state index contributed by atoms with van der Waals surface area (Å²) in [6, 6.07) is 7.94. The van der Waals surface area contributed by atoms with Crippen LogP contribution < -0.4 is 11.1 Å². The highest BCUT2D eigenvalue weighted by atomic mass is 16.6. The van der Waals surface area contributed by atoms with Crippen LogP contribution in [0, 0.1) is 0 Å². The smallest absolute Gasteiger partial charge is 0.167 e. The Bertz CT molecular complexity index is 1170. The highest BCUT2D eigenvalue weighted by Gasteiger charge is 2.44. The van der Waals surface area contributed by atoms with E-state index in [4.69, 9.17) is 10.5 Å². The molecule has 1 saturated heterocycles. The van der Waals surface area contributed by atoms with E-state index in [2.05, 4.69) is 29.8 Å². The molecule has 1 fully saturated rings. The molecule has 4 unspecified atom stereocenters. The quantitative estimate of drug-likeness (QED) is 0.313. The van der Waals surface area contributed by atoms with Crippen LogP contribution in [0.25, 0.3) is 22.2 Å². The molecular weight excluding hydrogens is 388 g/mol. The molecule has 11 heteroatoms. The molecule has 1 aliphatic rings. The average molecular weight is 410 g/mol. The number of aliphatic hydroxyl groups excluding tert-OH is 2. The van der Waals surface area contributed by atoms with E-state index in [9.17, 15) is 10.2 Å². The fourth-order valence-electron chi connectivity index (χ4n) is 3.82. The molecule has 0 amide bonds. The number of aromatic nitrogens is 6. The van der Waals surface area contributed by atoms with Crippen LogP contribution in [-0.4, -0.2) is 70.7 Å². The lowest BCUT2D eigenvalue weighted by Crippen LogP contribution is -2.38. The lowest BCUT2D eigenvalue weighted by Gasteiger charge is -2.16. The van der Waals surface area contributed by atoms with E-state index < -0.39 is 24.5 Å². The maximum atomic E-state index is 10.5. The number of hydrogen-bond acceptors (Lipinski definition) is 9. The molecule has 0 spiro atoms. The highest BCUT2D eigenvalue weighted by molar-refractivity contribution is 5.81. The lowest BCUT2D eigenvalue weighted by molar-refractivity contribution is -0.0341. The number of rotatable bonds is 6. The number of para-hydroxylation sites is 2. The SMILES string of the molecule is Nc1ncnc2c1ncn2C1OC(CNCCn2cnc3ccccc32)C(O)C1O. The Labute approximate surface area is 171 Å². The van der Waals surface area contributed by atoms with Crippen LogP contribution in [-0.2, 0) is 11.3 Å². The number of hydrogen-bond donors (Lipinski definition) is 4. The predicted octanol–water partition coefficient (Wildman–Crippen LogP) is -0.333. The lowest BCUT2D eigenvalue weighted by atomic mass is 10.1. The van der Waals surface area contributed by atoms with Crippen molar-refractivity contribution in [1.82, 2.24) is 34.4 Å². The van der Waals surface area contributed by atoms with Gasteiger partial charge >= 0.3 is 0 Å². The summed E-state index contributed by atoms with van der Waals surface area (Å²) >= 11 is 0. The molecule has 5 rings (SSSR count). The minimum Gasteiger partial charge on any atom is -0.387 e. The van der Waals surface area contributed by atoms with E-state index in [0.29, 0.717) is 24.3 Å². The van der Waals surface area contributed by atoms with Gasteiger partial charge in [0.05, 0.1) is 23.7 Å². The first-order chi connectivity index (χ1) is 14.6. The normalized spacial score (nSPS) is 24.2. The molecule has 0 bridgehead atoms. The van der Waals surface area contributed by atoms with Crippen molar-refractivity contribution in [2.24, 2.45) is 0 Å². The molecule has 156 valence electrons. The minimum absolute atomic E-state index is 0.247. The molecule has 0 saturated carbocycles. The maximum absolute atomic E-state index is 10.5. The summed E-state index contributed by atoms with van der Waals surface area (Å²) in [7, 11) is 0. The van der Waals surface area contributed by atoms with Crippen molar-refractivity contribution in [2.45, 2.75) is 31.1 Å². The number of benzene rings is 1. The largest absolute Gasteiger partial charge is 0.387 e. The van der Waals surface area contributed by atoms with Crippen LogP contribution in [0.2, 0.25) is 0 Å². The summed E-state index contributed by atoms with van der Waals surface area (Å²) in [5.41, 5.74) is 8.71. The van der Waals surface area contributed by atoms with Gasteiger partial charge in [0.15, 0.2) is 17.7 Å². The fraction of sp³-hybridized carbons (Fsp3) is 0.368. The third-order valence-corrected chi connectivity index (χ3v) is 5.40. The summed E-state index contributed by atoms with van der Waals surface area (Å²) in [4.78, 5) is 16.6. The van der Waals surface area contributed by atoms with Crippen molar-refractivity contribution >= 4 is 28.0 Å². The monoisotopic (exact) mass is 410 g/mol. The van der Waals surface area contributed by atoms with Gasteiger partial charge in [-0.1, -0.05) is 12.1 Å². The molecule has 1 aliphatic heterocycles. The summed E-state index contributed by atoms with van der Waals surface area (Å²) in [6.07, 6.45) is 1.05. The van der Waals surface area contributed by atoms with E-state index in [0.717, 1.165) is 17.6 Å². The summed E-state index contributed by atoms with van der Waals surface area (Å²) in [5.74, 6) is 0.247. The fourth-order valence-corrected chi connectivity index (χ4v) is 3.82. The van der Waals surface area contributed by atoms with Gasteiger partial charge < -0.3 is 30.6 Å². The molecule has 4 atom stereocenters. The van der Waals surface area contributed by atoms with Gasteiger partial charge in [0.25, 0.3) is 0 Å². The van der Waals surface area contributed by atoms with Crippen LogP contribution in [0.15, 0.2) is 43.2 Å². The second-order valence-electron chi connectivity index (χ2n) is 7.26. The number of nitrogens with zero attached hydrogens (tertiary/aromatic N) is 6. The molecule has 4 heterocycles. The number of anilines is 1. The first-order valence-corrected chi connectivity index (χ1v) is 9.68. The summed E-state index contributed by atoms with van der Waals surface area (Å²) < 4.78 is 9.56. The molecule has 3 aromatic heterocycles.